The molecule has 0 aromatic heterocycles. The summed E-state index contributed by atoms with van der Waals surface area (Å²) < 4.78 is 5.14. The van der Waals surface area contributed by atoms with Gasteiger partial charge in [0.2, 0.25) is 0 Å². The van der Waals surface area contributed by atoms with Gasteiger partial charge in [0.25, 0.3) is 0 Å². The average molecular weight is 330 g/mol. The maximum atomic E-state index is 12.0. The number of carbonyl (C=O) groups is 2. The third kappa shape index (κ3) is 3.31. The molecule has 0 radical (unpaired) electrons. The summed E-state index contributed by atoms with van der Waals surface area (Å²) in [6.45, 7) is 0. The molecule has 0 heterocycles. The van der Waals surface area contributed by atoms with Gasteiger partial charge in [-0.2, -0.15) is 0 Å². The molecule has 20 heavy (non-hydrogen) atoms. The van der Waals surface area contributed by atoms with Gasteiger partial charge in [-0.3, -0.25) is 4.79 Å². The second-order valence-electron chi connectivity index (χ2n) is 3.81. The molecule has 102 valence electrons. The summed E-state index contributed by atoms with van der Waals surface area (Å²) in [5, 5.41) is 0.951. The van der Waals surface area contributed by atoms with Crippen molar-refractivity contribution >= 4 is 47.1 Å². The summed E-state index contributed by atoms with van der Waals surface area (Å²) in [4.78, 5) is 22.9. The van der Waals surface area contributed by atoms with Crippen molar-refractivity contribution in [3.8, 4) is 5.75 Å². The van der Waals surface area contributed by atoms with Crippen molar-refractivity contribution in [1.82, 2.24) is 0 Å². The first-order valence-corrected chi connectivity index (χ1v) is 6.56. The molecule has 2 aromatic rings. The van der Waals surface area contributed by atoms with E-state index in [0.717, 1.165) is 0 Å². The van der Waals surface area contributed by atoms with Crippen LogP contribution in [0.25, 0.3) is 0 Å². The maximum absolute atomic E-state index is 12.0. The van der Waals surface area contributed by atoms with E-state index in [4.69, 9.17) is 39.5 Å². The zero-order valence-corrected chi connectivity index (χ0v) is 12.2. The van der Waals surface area contributed by atoms with Gasteiger partial charge in [-0.05, 0) is 36.4 Å². The van der Waals surface area contributed by atoms with Crippen LogP contribution < -0.4 is 4.74 Å². The van der Waals surface area contributed by atoms with E-state index in [0.29, 0.717) is 16.3 Å². The minimum Gasteiger partial charge on any atom is -0.422 e. The molecule has 0 aliphatic rings. The second kappa shape index (κ2) is 6.27. The van der Waals surface area contributed by atoms with Crippen LogP contribution in [-0.2, 0) is 0 Å². The van der Waals surface area contributed by atoms with Crippen LogP contribution >= 0.6 is 34.8 Å². The smallest absolute Gasteiger partial charge is 0.345 e. The number of ether oxygens (including phenoxy) is 1. The highest BCUT2D eigenvalue weighted by molar-refractivity contribution is 6.36. The van der Waals surface area contributed by atoms with Crippen LogP contribution in [0.2, 0.25) is 15.1 Å². The summed E-state index contributed by atoms with van der Waals surface area (Å²) in [5.41, 5.74) is 0.332. The fourth-order valence-electron chi connectivity index (χ4n) is 1.51. The summed E-state index contributed by atoms with van der Waals surface area (Å²) in [6, 6.07) is 8.76. The molecule has 0 saturated carbocycles. The van der Waals surface area contributed by atoms with Crippen LogP contribution in [0.4, 0.5) is 0 Å². The normalized spacial score (nSPS) is 10.2. The molecular weight excluding hydrogens is 323 g/mol. The summed E-state index contributed by atoms with van der Waals surface area (Å²) in [7, 11) is 0. The van der Waals surface area contributed by atoms with Gasteiger partial charge in [0.15, 0.2) is 6.29 Å². The van der Waals surface area contributed by atoms with Crippen molar-refractivity contribution in [2.75, 3.05) is 0 Å². The Morgan fingerprint density at radius 2 is 1.65 bits per heavy atom. The summed E-state index contributed by atoms with van der Waals surface area (Å²) >= 11 is 17.4. The SMILES string of the molecule is O=Cc1cc(Cl)ccc1OC(=O)c1ccc(Cl)cc1Cl. The number of benzene rings is 2. The molecule has 0 atom stereocenters. The first-order chi connectivity index (χ1) is 9.51. The molecule has 0 spiro atoms. The molecule has 0 N–H and O–H groups in total. The van der Waals surface area contributed by atoms with E-state index in [1.807, 2.05) is 0 Å². The zero-order chi connectivity index (χ0) is 14.7. The number of hydrogen-bond donors (Lipinski definition) is 0. The minimum absolute atomic E-state index is 0.111. The highest BCUT2D eigenvalue weighted by Crippen LogP contribution is 2.25. The Morgan fingerprint density at radius 3 is 2.30 bits per heavy atom. The Bertz CT molecular complexity index is 683. The van der Waals surface area contributed by atoms with Crippen molar-refractivity contribution in [2.45, 2.75) is 0 Å². The van der Waals surface area contributed by atoms with Crippen LogP contribution in [0.1, 0.15) is 20.7 Å². The predicted molar refractivity (Wildman–Crippen MR) is 78.3 cm³/mol. The molecule has 0 aliphatic heterocycles. The summed E-state index contributed by atoms with van der Waals surface area (Å²) in [6.07, 6.45) is 0.554. The van der Waals surface area contributed by atoms with Gasteiger partial charge in [-0.15, -0.1) is 0 Å². The Hall–Kier alpha value is -1.55. The number of esters is 1. The van der Waals surface area contributed by atoms with Crippen molar-refractivity contribution in [3.05, 3.63) is 62.6 Å². The molecule has 2 rings (SSSR count). The van der Waals surface area contributed by atoms with E-state index in [-0.39, 0.29) is 21.9 Å². The molecular formula is C14H7Cl3O3. The lowest BCUT2D eigenvalue weighted by atomic mass is 10.2. The quantitative estimate of drug-likeness (QED) is 0.466. The van der Waals surface area contributed by atoms with Gasteiger partial charge in [0.1, 0.15) is 5.75 Å². The molecule has 3 nitrogen and oxygen atoms in total. The van der Waals surface area contributed by atoms with E-state index < -0.39 is 5.97 Å². The first-order valence-electron chi connectivity index (χ1n) is 5.43. The van der Waals surface area contributed by atoms with Gasteiger partial charge in [-0.1, -0.05) is 34.8 Å². The fourth-order valence-corrected chi connectivity index (χ4v) is 2.18. The van der Waals surface area contributed by atoms with Crippen LogP contribution in [0.3, 0.4) is 0 Å². The monoisotopic (exact) mass is 328 g/mol. The maximum Gasteiger partial charge on any atom is 0.345 e. The van der Waals surface area contributed by atoms with Gasteiger partial charge in [-0.25, -0.2) is 4.79 Å². The Morgan fingerprint density at radius 1 is 1.00 bits per heavy atom. The van der Waals surface area contributed by atoms with E-state index >= 15 is 0 Å². The van der Waals surface area contributed by atoms with Crippen molar-refractivity contribution in [1.29, 1.82) is 0 Å². The number of rotatable bonds is 3. The highest BCUT2D eigenvalue weighted by Gasteiger charge is 2.15. The third-order valence-electron chi connectivity index (χ3n) is 2.45. The standard InChI is InChI=1S/C14H7Cl3O3/c15-9-2-4-13(8(5-9)7-18)20-14(19)11-3-1-10(16)6-12(11)17/h1-7H. The van der Waals surface area contributed by atoms with Crippen molar-refractivity contribution in [2.24, 2.45) is 0 Å². The van der Waals surface area contributed by atoms with E-state index in [1.54, 1.807) is 0 Å². The molecule has 0 fully saturated rings. The van der Waals surface area contributed by atoms with E-state index in [9.17, 15) is 9.59 Å². The Labute approximate surface area is 130 Å². The van der Waals surface area contributed by atoms with Crippen LogP contribution in [0.5, 0.6) is 5.75 Å². The first kappa shape index (κ1) is 14.9. The lowest BCUT2D eigenvalue weighted by molar-refractivity contribution is 0.0734. The lowest BCUT2D eigenvalue weighted by Crippen LogP contribution is -2.10. The average Bonchev–Trinajstić information content (AvgIpc) is 2.40. The molecule has 6 heteroatoms. The minimum atomic E-state index is -0.683. The van der Waals surface area contributed by atoms with E-state index in [1.165, 1.54) is 36.4 Å². The fraction of sp³-hybridized carbons (Fsp3) is 0. The highest BCUT2D eigenvalue weighted by atomic mass is 35.5. The molecule has 0 aliphatic carbocycles. The van der Waals surface area contributed by atoms with Crippen LogP contribution in [0.15, 0.2) is 36.4 Å². The Balaban J connectivity index is 2.30. The molecule has 0 bridgehead atoms. The second-order valence-corrected chi connectivity index (χ2v) is 5.09. The van der Waals surface area contributed by atoms with Crippen LogP contribution in [-0.4, -0.2) is 12.3 Å². The van der Waals surface area contributed by atoms with E-state index in [2.05, 4.69) is 0 Å². The van der Waals surface area contributed by atoms with Crippen molar-refractivity contribution in [3.63, 3.8) is 0 Å². The Kier molecular flexibility index (Phi) is 4.65. The number of carbonyl (C=O) groups excluding carboxylic acids is 2. The zero-order valence-electron chi connectivity index (χ0n) is 9.90. The number of aldehydes is 1. The number of halogens is 3. The summed E-state index contributed by atoms with van der Waals surface area (Å²) in [5.74, 6) is -0.572. The van der Waals surface area contributed by atoms with Gasteiger partial charge in [0, 0.05) is 10.0 Å². The van der Waals surface area contributed by atoms with Crippen molar-refractivity contribution < 1.29 is 14.3 Å². The van der Waals surface area contributed by atoms with Crippen LogP contribution in [0, 0.1) is 0 Å². The molecule has 0 amide bonds. The third-order valence-corrected chi connectivity index (χ3v) is 3.24. The lowest BCUT2D eigenvalue weighted by Gasteiger charge is -2.08. The van der Waals surface area contributed by atoms with Gasteiger partial charge in [0.05, 0.1) is 16.1 Å². The largest absolute Gasteiger partial charge is 0.422 e. The van der Waals surface area contributed by atoms with Gasteiger partial charge >= 0.3 is 5.97 Å². The predicted octanol–water partition coefficient (Wildman–Crippen LogP) is 4.68. The molecule has 0 unspecified atom stereocenters. The topological polar surface area (TPSA) is 43.4 Å². The molecule has 2 aromatic carbocycles. The number of hydrogen-bond acceptors (Lipinski definition) is 3. The molecule has 0 saturated heterocycles. The van der Waals surface area contributed by atoms with Gasteiger partial charge < -0.3 is 4.74 Å².